The Morgan fingerprint density at radius 2 is 2.14 bits per heavy atom. The fourth-order valence-electron chi connectivity index (χ4n) is 1.74. The van der Waals surface area contributed by atoms with Gasteiger partial charge in [-0.1, -0.05) is 5.16 Å². The Kier molecular flexibility index (Phi) is 4.55. The van der Waals surface area contributed by atoms with Crippen molar-refractivity contribution in [1.29, 1.82) is 0 Å². The number of hydrogen-bond acceptors (Lipinski definition) is 6. The van der Waals surface area contributed by atoms with E-state index in [0.717, 1.165) is 6.26 Å². The molecule has 7 nitrogen and oxygen atoms in total. The number of carbonyl (C=O) groups is 1. The Morgan fingerprint density at radius 3 is 2.77 bits per heavy atom. The first-order valence-corrected chi connectivity index (χ1v) is 8.23. The van der Waals surface area contributed by atoms with Crippen molar-refractivity contribution < 1.29 is 22.1 Å². The van der Waals surface area contributed by atoms with Gasteiger partial charge in [-0.05, 0) is 30.7 Å². The summed E-state index contributed by atoms with van der Waals surface area (Å²) < 4.78 is 41.8. The van der Waals surface area contributed by atoms with E-state index in [4.69, 9.17) is 4.52 Å². The molecule has 0 spiro atoms. The number of rotatable bonds is 5. The zero-order chi connectivity index (χ0) is 16.3. The quantitative estimate of drug-likeness (QED) is 0.885. The molecular weight excluding hydrogens is 313 g/mol. The molecule has 1 amide bonds. The number of nitrogens with zero attached hydrogens (tertiary/aromatic N) is 2. The van der Waals surface area contributed by atoms with E-state index in [9.17, 15) is 17.6 Å². The van der Waals surface area contributed by atoms with Crippen molar-refractivity contribution in [3.63, 3.8) is 0 Å². The van der Waals surface area contributed by atoms with E-state index >= 15 is 0 Å². The molecule has 0 aliphatic carbocycles. The second-order valence-electron chi connectivity index (χ2n) is 4.77. The Morgan fingerprint density at radius 1 is 1.41 bits per heavy atom. The van der Waals surface area contributed by atoms with Crippen LogP contribution in [-0.2, 0) is 21.2 Å². The average molecular weight is 327 g/mol. The minimum absolute atomic E-state index is 0.100. The molecule has 2 rings (SSSR count). The van der Waals surface area contributed by atoms with E-state index in [1.165, 1.54) is 12.1 Å². The Labute approximate surface area is 126 Å². The van der Waals surface area contributed by atoms with Gasteiger partial charge in [0.1, 0.15) is 5.82 Å². The van der Waals surface area contributed by atoms with Gasteiger partial charge < -0.3 is 4.52 Å². The van der Waals surface area contributed by atoms with Gasteiger partial charge >= 0.3 is 0 Å². The van der Waals surface area contributed by atoms with E-state index < -0.39 is 15.9 Å². The largest absolute Gasteiger partial charge is 0.339 e. The number of amides is 1. The highest BCUT2D eigenvalue weighted by atomic mass is 32.2. The molecule has 0 saturated carbocycles. The number of sulfonamides is 1. The summed E-state index contributed by atoms with van der Waals surface area (Å²) >= 11 is 0. The van der Waals surface area contributed by atoms with Gasteiger partial charge in [0.2, 0.25) is 27.6 Å². The van der Waals surface area contributed by atoms with Crippen LogP contribution in [0.5, 0.6) is 0 Å². The average Bonchev–Trinajstić information content (AvgIpc) is 2.86. The first-order chi connectivity index (χ1) is 10.2. The highest BCUT2D eigenvalue weighted by Crippen LogP contribution is 2.19. The number of aromatic nitrogens is 2. The van der Waals surface area contributed by atoms with Crippen LogP contribution in [0, 0.1) is 12.7 Å². The van der Waals surface area contributed by atoms with Crippen molar-refractivity contribution in [3.8, 4) is 11.4 Å². The van der Waals surface area contributed by atoms with Crippen molar-refractivity contribution in [2.24, 2.45) is 0 Å². The molecule has 0 fully saturated rings. The molecule has 0 bridgehead atoms. The van der Waals surface area contributed by atoms with Crippen LogP contribution in [0.2, 0.25) is 0 Å². The van der Waals surface area contributed by atoms with Gasteiger partial charge in [0.25, 0.3) is 0 Å². The summed E-state index contributed by atoms with van der Waals surface area (Å²) in [6.45, 7) is 1.62. The monoisotopic (exact) mass is 327 g/mol. The Hall–Kier alpha value is -2.29. The maximum atomic E-state index is 13.2. The summed E-state index contributed by atoms with van der Waals surface area (Å²) in [5.41, 5.74) is 1.05. The Balaban J connectivity index is 2.02. The molecular formula is C13H14FN3O4S. The summed E-state index contributed by atoms with van der Waals surface area (Å²) in [7, 11) is -3.58. The molecule has 0 saturated heterocycles. The molecule has 0 aliphatic rings. The van der Waals surface area contributed by atoms with Crippen molar-refractivity contribution in [1.82, 2.24) is 14.9 Å². The third kappa shape index (κ3) is 4.35. The highest BCUT2D eigenvalue weighted by Gasteiger charge is 2.13. The molecule has 2 aromatic rings. The molecule has 1 aromatic heterocycles. The summed E-state index contributed by atoms with van der Waals surface area (Å²) in [5, 5.41) is 3.75. The van der Waals surface area contributed by atoms with Crippen LogP contribution in [0.15, 0.2) is 22.7 Å². The normalized spacial score (nSPS) is 11.4. The van der Waals surface area contributed by atoms with E-state index in [-0.39, 0.29) is 30.4 Å². The fourth-order valence-corrected chi connectivity index (χ4v) is 2.25. The summed E-state index contributed by atoms with van der Waals surface area (Å²) in [6.07, 6.45) is 0.901. The van der Waals surface area contributed by atoms with Crippen molar-refractivity contribution in [2.45, 2.75) is 19.8 Å². The number of aryl methyl sites for hydroxylation is 2. The zero-order valence-corrected chi connectivity index (χ0v) is 12.8. The SMILES string of the molecule is Cc1cc(-c2noc(CCC(=O)NS(C)(=O)=O)n2)ccc1F. The van der Waals surface area contributed by atoms with Crippen molar-refractivity contribution in [2.75, 3.05) is 6.26 Å². The van der Waals surface area contributed by atoms with E-state index in [1.807, 2.05) is 4.72 Å². The van der Waals surface area contributed by atoms with Crippen LogP contribution in [0.1, 0.15) is 17.9 Å². The molecule has 1 aromatic carbocycles. The standard InChI is InChI=1S/C13H14FN3O4S/c1-8-7-9(3-4-10(8)14)13-15-12(21-16-13)6-5-11(18)17-22(2,19)20/h3-4,7H,5-6H2,1-2H3,(H,17,18). The number of benzene rings is 1. The lowest BCUT2D eigenvalue weighted by molar-refractivity contribution is -0.119. The lowest BCUT2D eigenvalue weighted by atomic mass is 10.1. The number of halogens is 1. The van der Waals surface area contributed by atoms with Gasteiger partial charge in [-0.3, -0.25) is 9.52 Å². The first kappa shape index (κ1) is 16.1. The van der Waals surface area contributed by atoms with Crippen LogP contribution < -0.4 is 4.72 Å². The van der Waals surface area contributed by atoms with Crippen molar-refractivity contribution >= 4 is 15.9 Å². The smallest absolute Gasteiger partial charge is 0.233 e. The highest BCUT2D eigenvalue weighted by molar-refractivity contribution is 7.89. The maximum absolute atomic E-state index is 13.2. The third-order valence-electron chi connectivity index (χ3n) is 2.75. The fraction of sp³-hybridized carbons (Fsp3) is 0.308. The van der Waals surface area contributed by atoms with Gasteiger partial charge in [0.15, 0.2) is 0 Å². The molecule has 118 valence electrons. The second-order valence-corrected chi connectivity index (χ2v) is 6.52. The third-order valence-corrected chi connectivity index (χ3v) is 3.35. The number of hydrogen-bond donors (Lipinski definition) is 1. The first-order valence-electron chi connectivity index (χ1n) is 6.34. The van der Waals surface area contributed by atoms with Crippen LogP contribution in [0.4, 0.5) is 4.39 Å². The van der Waals surface area contributed by atoms with Crippen LogP contribution >= 0.6 is 0 Å². The summed E-state index contributed by atoms with van der Waals surface area (Å²) in [6, 6.07) is 4.41. The van der Waals surface area contributed by atoms with E-state index in [0.29, 0.717) is 11.1 Å². The molecule has 1 heterocycles. The van der Waals surface area contributed by atoms with Crippen LogP contribution in [0.3, 0.4) is 0 Å². The van der Waals surface area contributed by atoms with Crippen LogP contribution in [0.25, 0.3) is 11.4 Å². The Bertz CT molecular complexity index is 801. The second kappa shape index (κ2) is 6.22. The van der Waals surface area contributed by atoms with Gasteiger partial charge in [-0.15, -0.1) is 0 Å². The summed E-state index contributed by atoms with van der Waals surface area (Å²) in [5.74, 6) is -0.507. The topological polar surface area (TPSA) is 102 Å². The van der Waals surface area contributed by atoms with Crippen LogP contribution in [-0.4, -0.2) is 30.7 Å². The predicted octanol–water partition coefficient (Wildman–Crippen LogP) is 1.19. The van der Waals surface area contributed by atoms with E-state index in [2.05, 4.69) is 10.1 Å². The summed E-state index contributed by atoms with van der Waals surface area (Å²) in [4.78, 5) is 15.5. The van der Waals surface area contributed by atoms with Crippen molar-refractivity contribution in [3.05, 3.63) is 35.5 Å². The lowest BCUT2D eigenvalue weighted by Gasteiger charge is -1.99. The molecule has 0 atom stereocenters. The molecule has 0 unspecified atom stereocenters. The zero-order valence-electron chi connectivity index (χ0n) is 12.0. The van der Waals surface area contributed by atoms with Gasteiger partial charge in [-0.25, -0.2) is 12.8 Å². The van der Waals surface area contributed by atoms with Gasteiger partial charge in [-0.2, -0.15) is 4.98 Å². The molecule has 0 aliphatic heterocycles. The predicted molar refractivity (Wildman–Crippen MR) is 75.7 cm³/mol. The maximum Gasteiger partial charge on any atom is 0.233 e. The van der Waals surface area contributed by atoms with Gasteiger partial charge in [0, 0.05) is 18.4 Å². The van der Waals surface area contributed by atoms with Gasteiger partial charge in [0.05, 0.1) is 6.26 Å². The molecule has 0 radical (unpaired) electrons. The molecule has 22 heavy (non-hydrogen) atoms. The number of nitrogens with one attached hydrogen (secondary N) is 1. The molecule has 1 N–H and O–H groups in total. The number of carbonyl (C=O) groups excluding carboxylic acids is 1. The van der Waals surface area contributed by atoms with E-state index in [1.54, 1.807) is 13.0 Å². The minimum atomic E-state index is -3.58. The minimum Gasteiger partial charge on any atom is -0.339 e. The lowest BCUT2D eigenvalue weighted by Crippen LogP contribution is -2.29. The molecule has 9 heteroatoms.